The highest BCUT2D eigenvalue weighted by molar-refractivity contribution is 7.80. The van der Waals surface area contributed by atoms with Gasteiger partial charge in [-0.15, -0.1) is 0 Å². The highest BCUT2D eigenvalue weighted by Crippen LogP contribution is 2.38. The largest absolute Gasteiger partial charge is 0.392 e. The molecule has 0 aromatic carbocycles. The number of nitrogens with two attached hydrogens (primary N) is 1. The Morgan fingerprint density at radius 2 is 1.71 bits per heavy atom. The molecule has 5 nitrogen and oxygen atoms in total. The van der Waals surface area contributed by atoms with Crippen molar-refractivity contribution in [1.82, 2.24) is 10.2 Å². The fourth-order valence-electron chi connectivity index (χ4n) is 3.32. The normalized spacial score (nSPS) is 21.0. The molecule has 1 saturated carbocycles. The molecule has 2 fully saturated rings. The minimum atomic E-state index is -0.677. The summed E-state index contributed by atoms with van der Waals surface area (Å²) in [5.41, 5.74) is 5.10. The fraction of sp³-hybridized carbons (Fsp3) is 0.800. The van der Waals surface area contributed by atoms with E-state index in [1.54, 1.807) is 0 Å². The molecule has 3 N–H and O–H groups in total. The molecule has 0 radical (unpaired) electrons. The van der Waals surface area contributed by atoms with Gasteiger partial charge in [-0.25, -0.2) is 0 Å². The third-order valence-electron chi connectivity index (χ3n) is 4.70. The van der Waals surface area contributed by atoms with Crippen LogP contribution in [-0.4, -0.2) is 41.3 Å². The molecule has 6 heteroatoms. The molecule has 0 unspecified atom stereocenters. The number of nitrogens with zero attached hydrogens (tertiary/aromatic N) is 1. The van der Waals surface area contributed by atoms with Crippen molar-refractivity contribution in [3.63, 3.8) is 0 Å². The predicted octanol–water partition coefficient (Wildman–Crippen LogP) is 1.35. The van der Waals surface area contributed by atoms with E-state index in [4.69, 9.17) is 18.0 Å². The van der Waals surface area contributed by atoms with Gasteiger partial charge in [-0.2, -0.15) is 0 Å². The van der Waals surface area contributed by atoms with E-state index in [-0.39, 0.29) is 11.8 Å². The first-order chi connectivity index (χ1) is 10.1. The lowest BCUT2D eigenvalue weighted by Gasteiger charge is -2.28. The number of hydrogen-bond acceptors (Lipinski definition) is 3. The molecule has 2 aliphatic rings. The summed E-state index contributed by atoms with van der Waals surface area (Å²) in [6, 6.07) is 0. The number of thiocarbonyl (C=S) groups is 1. The van der Waals surface area contributed by atoms with E-state index in [0.29, 0.717) is 18.0 Å². The zero-order chi connectivity index (χ0) is 15.3. The summed E-state index contributed by atoms with van der Waals surface area (Å²) in [5.74, 6) is 0.0322. The van der Waals surface area contributed by atoms with Crippen molar-refractivity contribution in [2.75, 3.05) is 19.6 Å². The number of carbonyl (C=O) groups excluding carboxylic acids is 2. The number of rotatable bonds is 5. The predicted molar refractivity (Wildman–Crippen MR) is 85.7 cm³/mol. The van der Waals surface area contributed by atoms with Gasteiger partial charge in [0.2, 0.25) is 11.8 Å². The average molecular weight is 311 g/mol. The Hall–Kier alpha value is -1.17. The van der Waals surface area contributed by atoms with Gasteiger partial charge in [-0.1, -0.05) is 25.1 Å². The number of piperidine rings is 1. The second-order valence-electron chi connectivity index (χ2n) is 6.10. The van der Waals surface area contributed by atoms with E-state index >= 15 is 0 Å². The maximum Gasteiger partial charge on any atom is 0.233 e. The van der Waals surface area contributed by atoms with E-state index in [1.807, 2.05) is 4.90 Å². The molecule has 0 aromatic rings. The summed E-state index contributed by atoms with van der Waals surface area (Å²) >= 11 is 5.09. The van der Waals surface area contributed by atoms with Gasteiger partial charge in [0.15, 0.2) is 0 Å². The Kier molecular flexibility index (Phi) is 5.56. The molecular formula is C15H25N3O2S. The van der Waals surface area contributed by atoms with Gasteiger partial charge in [-0.05, 0) is 32.1 Å². The summed E-state index contributed by atoms with van der Waals surface area (Å²) in [4.78, 5) is 26.6. The topological polar surface area (TPSA) is 75.4 Å². The Balaban J connectivity index is 1.78. The van der Waals surface area contributed by atoms with Crippen molar-refractivity contribution in [1.29, 1.82) is 0 Å². The van der Waals surface area contributed by atoms with Crippen LogP contribution < -0.4 is 11.1 Å². The molecule has 21 heavy (non-hydrogen) atoms. The Labute approximate surface area is 131 Å². The van der Waals surface area contributed by atoms with Crippen LogP contribution in [0, 0.1) is 5.41 Å². The molecule has 1 heterocycles. The van der Waals surface area contributed by atoms with Crippen LogP contribution in [0.25, 0.3) is 0 Å². The van der Waals surface area contributed by atoms with E-state index in [0.717, 1.165) is 51.6 Å². The molecule has 1 aliphatic heterocycles. The molecule has 2 rings (SSSR count). The molecule has 118 valence electrons. The van der Waals surface area contributed by atoms with Crippen LogP contribution in [0.3, 0.4) is 0 Å². The van der Waals surface area contributed by atoms with Crippen LogP contribution in [0.2, 0.25) is 0 Å². The molecule has 1 aliphatic carbocycles. The molecule has 0 bridgehead atoms. The van der Waals surface area contributed by atoms with Crippen LogP contribution in [0.4, 0.5) is 0 Å². The van der Waals surface area contributed by atoms with E-state index in [1.165, 1.54) is 6.42 Å². The maximum atomic E-state index is 12.4. The van der Waals surface area contributed by atoms with Crippen LogP contribution in [0.5, 0.6) is 0 Å². The number of amides is 2. The van der Waals surface area contributed by atoms with Gasteiger partial charge >= 0.3 is 0 Å². The summed E-state index contributed by atoms with van der Waals surface area (Å²) in [7, 11) is 0. The lowest BCUT2D eigenvalue weighted by atomic mass is 9.85. The summed E-state index contributed by atoms with van der Waals surface area (Å²) < 4.78 is 0. The number of nitrogens with one attached hydrogen (secondary N) is 1. The van der Waals surface area contributed by atoms with Crippen LogP contribution in [0.15, 0.2) is 0 Å². The first-order valence-corrected chi connectivity index (χ1v) is 8.33. The minimum Gasteiger partial charge on any atom is -0.392 e. The fourth-order valence-corrected chi connectivity index (χ4v) is 3.61. The van der Waals surface area contributed by atoms with Gasteiger partial charge in [0.1, 0.15) is 0 Å². The lowest BCUT2D eigenvalue weighted by Crippen LogP contribution is -2.48. The number of likely N-dealkylation sites (tertiary alicyclic amines) is 1. The Bertz CT molecular complexity index is 413. The molecular weight excluding hydrogens is 286 g/mol. The number of carbonyl (C=O) groups is 2. The summed E-state index contributed by atoms with van der Waals surface area (Å²) in [5, 5.41) is 2.86. The maximum absolute atomic E-state index is 12.4. The highest BCUT2D eigenvalue weighted by Gasteiger charge is 2.43. The molecule has 0 spiro atoms. The van der Waals surface area contributed by atoms with Crippen LogP contribution in [-0.2, 0) is 9.59 Å². The Morgan fingerprint density at radius 1 is 1.10 bits per heavy atom. The van der Waals surface area contributed by atoms with Crippen molar-refractivity contribution in [3.8, 4) is 0 Å². The van der Waals surface area contributed by atoms with E-state index in [2.05, 4.69) is 5.32 Å². The van der Waals surface area contributed by atoms with Gasteiger partial charge in [0.05, 0.1) is 10.4 Å². The molecule has 1 saturated heterocycles. The first-order valence-electron chi connectivity index (χ1n) is 7.92. The van der Waals surface area contributed by atoms with E-state index < -0.39 is 5.41 Å². The zero-order valence-electron chi connectivity index (χ0n) is 12.5. The standard InChI is InChI=1S/C15H25N3O2S/c16-13(21)15(7-2-3-8-15)14(20)17-9-6-12(19)18-10-4-1-5-11-18/h1-11H2,(H2,16,21)(H,17,20). The van der Waals surface area contributed by atoms with Crippen LogP contribution in [0.1, 0.15) is 51.4 Å². The van der Waals surface area contributed by atoms with Crippen molar-refractivity contribution >= 4 is 29.0 Å². The first kappa shape index (κ1) is 16.2. The summed E-state index contributed by atoms with van der Waals surface area (Å²) in [6.07, 6.45) is 7.17. The van der Waals surface area contributed by atoms with Gasteiger partial charge in [-0.3, -0.25) is 9.59 Å². The SMILES string of the molecule is NC(=S)C1(C(=O)NCCC(=O)N2CCCCC2)CCCC1. The van der Waals surface area contributed by atoms with E-state index in [9.17, 15) is 9.59 Å². The molecule has 0 atom stereocenters. The molecule has 2 amide bonds. The van der Waals surface area contributed by atoms with Crippen molar-refractivity contribution in [2.45, 2.75) is 51.4 Å². The number of hydrogen-bond donors (Lipinski definition) is 2. The monoisotopic (exact) mass is 311 g/mol. The second kappa shape index (κ2) is 7.20. The molecule has 0 aromatic heterocycles. The van der Waals surface area contributed by atoms with Gasteiger partial charge in [0.25, 0.3) is 0 Å². The summed E-state index contributed by atoms with van der Waals surface area (Å²) in [6.45, 7) is 2.08. The highest BCUT2D eigenvalue weighted by atomic mass is 32.1. The van der Waals surface area contributed by atoms with Crippen molar-refractivity contribution in [2.24, 2.45) is 11.1 Å². The lowest BCUT2D eigenvalue weighted by molar-refractivity contribution is -0.132. The van der Waals surface area contributed by atoms with Crippen molar-refractivity contribution in [3.05, 3.63) is 0 Å². The van der Waals surface area contributed by atoms with Gasteiger partial charge < -0.3 is 16.0 Å². The Morgan fingerprint density at radius 3 is 2.29 bits per heavy atom. The second-order valence-corrected chi connectivity index (χ2v) is 6.54. The van der Waals surface area contributed by atoms with Crippen molar-refractivity contribution < 1.29 is 9.59 Å². The zero-order valence-corrected chi connectivity index (χ0v) is 13.3. The minimum absolute atomic E-state index is 0.0982. The van der Waals surface area contributed by atoms with Gasteiger partial charge in [0, 0.05) is 26.1 Å². The van der Waals surface area contributed by atoms with Crippen LogP contribution >= 0.6 is 12.2 Å². The third-order valence-corrected chi connectivity index (χ3v) is 5.09. The smallest absolute Gasteiger partial charge is 0.233 e. The quantitative estimate of drug-likeness (QED) is 0.752. The average Bonchev–Trinajstić information content (AvgIpc) is 2.99. The third kappa shape index (κ3) is 3.73.